The maximum absolute atomic E-state index is 12.1. The molecule has 1 unspecified atom stereocenters. The fourth-order valence-corrected chi connectivity index (χ4v) is 5.04. The van der Waals surface area contributed by atoms with Crippen LogP contribution in [0.3, 0.4) is 0 Å². The Kier molecular flexibility index (Phi) is 9.37. The quantitative estimate of drug-likeness (QED) is 0.322. The van der Waals surface area contributed by atoms with E-state index >= 15 is 0 Å². The summed E-state index contributed by atoms with van der Waals surface area (Å²) in [7, 11) is -3.16. The molecule has 0 aromatic heterocycles. The number of guanidine groups is 1. The zero-order valence-corrected chi connectivity index (χ0v) is 22.1. The number of amidine groups is 1. The lowest BCUT2D eigenvalue weighted by Crippen LogP contribution is -2.53. The number of anilines is 2. The van der Waals surface area contributed by atoms with Gasteiger partial charge >= 0.3 is 7.60 Å². The first kappa shape index (κ1) is 28.0. The summed E-state index contributed by atoms with van der Waals surface area (Å²) in [6, 6.07) is 19.0. The van der Waals surface area contributed by atoms with E-state index in [1.54, 1.807) is 4.90 Å². The van der Waals surface area contributed by atoms with Crippen LogP contribution in [0.5, 0.6) is 0 Å². The third-order valence-corrected chi connectivity index (χ3v) is 7.30. The Morgan fingerprint density at radius 1 is 0.974 bits per heavy atom. The average Bonchev–Trinajstić information content (AvgIpc) is 2.95. The molecule has 2 aliphatic heterocycles. The van der Waals surface area contributed by atoms with E-state index in [1.807, 2.05) is 65.6 Å². The molecule has 12 nitrogen and oxygen atoms in total. The van der Waals surface area contributed by atoms with E-state index in [0.717, 1.165) is 11.4 Å². The first-order chi connectivity index (χ1) is 18.4. The highest BCUT2D eigenvalue weighted by molar-refractivity contribution is 7.53. The molecule has 0 spiro atoms. The highest BCUT2D eigenvalue weighted by Crippen LogP contribution is 2.50. The van der Waals surface area contributed by atoms with Crippen LogP contribution in [0.15, 0.2) is 70.6 Å². The van der Waals surface area contributed by atoms with Gasteiger partial charge in [0.1, 0.15) is 6.61 Å². The van der Waals surface area contributed by atoms with Crippen molar-refractivity contribution in [1.82, 2.24) is 5.32 Å². The standard InChI is InChI=1S/C25H34N5O7P/c1-38(34)36-18-25(16-33,19-37-38)17-35-24-27-22(29(12-14-31)20-8-4-2-5-9-20)26-23(28-24)30(13-15-32)21-10-6-3-7-11-21/h2-11,22,31-33H,12-19H2,1H3,(H,26,27,28). The Morgan fingerprint density at radius 3 is 2.16 bits per heavy atom. The van der Waals surface area contributed by atoms with E-state index < -0.39 is 19.3 Å². The van der Waals surface area contributed by atoms with Gasteiger partial charge in [0.2, 0.25) is 12.2 Å². The van der Waals surface area contributed by atoms with Crippen LogP contribution >= 0.6 is 7.60 Å². The Balaban J connectivity index is 1.65. The molecule has 13 heteroatoms. The van der Waals surface area contributed by atoms with Gasteiger partial charge in [-0.2, -0.15) is 4.99 Å². The molecular weight excluding hydrogens is 513 g/mol. The lowest BCUT2D eigenvalue weighted by molar-refractivity contribution is -0.0487. The minimum atomic E-state index is -3.16. The summed E-state index contributed by atoms with van der Waals surface area (Å²) < 4.78 is 28.8. The van der Waals surface area contributed by atoms with Crippen molar-refractivity contribution in [3.05, 3.63) is 60.7 Å². The van der Waals surface area contributed by atoms with Crippen LogP contribution in [-0.4, -0.2) is 93.0 Å². The Morgan fingerprint density at radius 2 is 1.58 bits per heavy atom. The zero-order chi connectivity index (χ0) is 27.0. The van der Waals surface area contributed by atoms with Crippen LogP contribution in [-0.2, 0) is 18.3 Å². The molecule has 2 aromatic rings. The smallest absolute Gasteiger partial charge is 0.327 e. The Hall–Kier alpha value is -2.99. The van der Waals surface area contributed by atoms with Crippen molar-refractivity contribution in [1.29, 1.82) is 0 Å². The van der Waals surface area contributed by atoms with Crippen LogP contribution in [0.4, 0.5) is 11.4 Å². The molecule has 1 saturated heterocycles. The molecule has 2 heterocycles. The van der Waals surface area contributed by atoms with E-state index in [0.29, 0.717) is 5.96 Å². The van der Waals surface area contributed by atoms with E-state index in [4.69, 9.17) is 18.8 Å². The van der Waals surface area contributed by atoms with Gasteiger partial charge < -0.3 is 38.9 Å². The molecule has 2 aromatic carbocycles. The maximum atomic E-state index is 12.1. The topological polar surface area (TPSA) is 149 Å². The van der Waals surface area contributed by atoms with Gasteiger partial charge in [0.15, 0.2) is 0 Å². The predicted molar refractivity (Wildman–Crippen MR) is 144 cm³/mol. The van der Waals surface area contributed by atoms with Gasteiger partial charge in [-0.15, -0.1) is 0 Å². The number of nitrogens with one attached hydrogen (secondary N) is 1. The van der Waals surface area contributed by atoms with E-state index in [2.05, 4.69) is 10.3 Å². The van der Waals surface area contributed by atoms with Gasteiger partial charge in [-0.25, -0.2) is 4.99 Å². The third-order valence-electron chi connectivity index (χ3n) is 6.10. The summed E-state index contributed by atoms with van der Waals surface area (Å²) in [4.78, 5) is 13.1. The van der Waals surface area contributed by atoms with Crippen molar-refractivity contribution in [2.24, 2.45) is 15.4 Å². The monoisotopic (exact) mass is 547 g/mol. The van der Waals surface area contributed by atoms with Gasteiger partial charge in [-0.1, -0.05) is 36.4 Å². The molecule has 0 radical (unpaired) electrons. The number of aliphatic hydroxyl groups is 3. The highest BCUT2D eigenvalue weighted by Gasteiger charge is 2.41. The maximum Gasteiger partial charge on any atom is 0.327 e. The fraction of sp³-hybridized carbons (Fsp3) is 0.440. The second-order valence-corrected chi connectivity index (χ2v) is 11.1. The van der Waals surface area contributed by atoms with E-state index in [9.17, 15) is 19.9 Å². The summed E-state index contributed by atoms with van der Waals surface area (Å²) in [5, 5.41) is 32.8. The molecule has 1 fully saturated rings. The molecule has 38 heavy (non-hydrogen) atoms. The molecule has 2 aliphatic rings. The third kappa shape index (κ3) is 6.90. The number of nitrogens with zero attached hydrogens (tertiary/aromatic N) is 4. The molecule has 0 aliphatic carbocycles. The molecule has 206 valence electrons. The molecule has 0 amide bonds. The summed E-state index contributed by atoms with van der Waals surface area (Å²) >= 11 is 0. The lowest BCUT2D eigenvalue weighted by atomic mass is 9.93. The molecule has 4 rings (SSSR count). The van der Waals surface area contributed by atoms with Crippen molar-refractivity contribution in [2.75, 3.05) is 69.2 Å². The minimum absolute atomic E-state index is 0.00373. The number of rotatable bonds is 10. The van der Waals surface area contributed by atoms with Gasteiger partial charge in [0.05, 0.1) is 38.4 Å². The van der Waals surface area contributed by atoms with Crippen LogP contribution < -0.4 is 15.1 Å². The summed E-state index contributed by atoms with van der Waals surface area (Å²) in [5.41, 5.74) is 0.654. The first-order valence-corrected chi connectivity index (χ1v) is 14.3. The van der Waals surface area contributed by atoms with Crippen LogP contribution in [0.25, 0.3) is 0 Å². The summed E-state index contributed by atoms with van der Waals surface area (Å²) in [6.07, 6.45) is -0.805. The highest BCUT2D eigenvalue weighted by atomic mass is 31.2. The van der Waals surface area contributed by atoms with Crippen LogP contribution in [0.2, 0.25) is 0 Å². The Bertz CT molecular complexity index is 1140. The number of ether oxygens (including phenoxy) is 1. The fourth-order valence-electron chi connectivity index (χ4n) is 3.95. The molecule has 1 atom stereocenters. The van der Waals surface area contributed by atoms with Gasteiger partial charge in [0.25, 0.3) is 6.02 Å². The van der Waals surface area contributed by atoms with Gasteiger partial charge in [-0.3, -0.25) is 9.88 Å². The number of benzene rings is 2. The van der Waals surface area contributed by atoms with Crippen molar-refractivity contribution >= 4 is 31.0 Å². The molecule has 0 saturated carbocycles. The molecule has 4 N–H and O–H groups in total. The van der Waals surface area contributed by atoms with Crippen LogP contribution in [0.1, 0.15) is 0 Å². The van der Waals surface area contributed by atoms with Gasteiger partial charge in [-0.05, 0) is 24.3 Å². The van der Waals surface area contributed by atoms with Crippen LogP contribution in [0, 0.1) is 5.41 Å². The zero-order valence-electron chi connectivity index (χ0n) is 21.2. The minimum Gasteiger partial charge on any atom is -0.464 e. The van der Waals surface area contributed by atoms with Gasteiger partial charge in [0, 0.05) is 31.1 Å². The Labute approximate surface area is 221 Å². The van der Waals surface area contributed by atoms with Crippen molar-refractivity contribution in [3.63, 3.8) is 0 Å². The van der Waals surface area contributed by atoms with Crippen molar-refractivity contribution < 1.29 is 33.7 Å². The normalized spacial score (nSPS) is 25.1. The number of aliphatic hydroxyl groups excluding tert-OH is 3. The SMILES string of the molecule is CP1(=O)OCC(CO)(COC2=NC(N(CCO)c3ccccc3)N=C(N(CCO)c3ccccc3)N2)CO1. The number of hydrogen-bond donors (Lipinski definition) is 4. The van der Waals surface area contributed by atoms with E-state index in [1.165, 1.54) is 6.66 Å². The number of aliphatic imine (C=N–C) groups is 2. The lowest BCUT2D eigenvalue weighted by Gasteiger charge is -2.38. The average molecular weight is 548 g/mol. The number of para-hydroxylation sites is 2. The first-order valence-electron chi connectivity index (χ1n) is 12.3. The van der Waals surface area contributed by atoms with Crippen molar-refractivity contribution in [3.8, 4) is 0 Å². The number of hydrogen-bond acceptors (Lipinski definition) is 12. The largest absolute Gasteiger partial charge is 0.464 e. The second-order valence-electron chi connectivity index (χ2n) is 9.09. The summed E-state index contributed by atoms with van der Waals surface area (Å²) in [5.74, 6) is 0.381. The predicted octanol–water partition coefficient (Wildman–Crippen LogP) is 1.45. The van der Waals surface area contributed by atoms with E-state index in [-0.39, 0.29) is 58.8 Å². The molecule has 0 bridgehead atoms. The second kappa shape index (κ2) is 12.7. The summed E-state index contributed by atoms with van der Waals surface area (Å²) in [6.45, 7) is 1.26. The van der Waals surface area contributed by atoms with Crippen molar-refractivity contribution in [2.45, 2.75) is 6.29 Å². The molecular formula is C25H34N5O7P.